The van der Waals surface area contributed by atoms with E-state index < -0.39 is 0 Å². The van der Waals surface area contributed by atoms with Gasteiger partial charge in [-0.05, 0) is 12.1 Å². The molecule has 0 unspecified atom stereocenters. The maximum Gasteiger partial charge on any atom is 0.220 e. The Labute approximate surface area is 92.4 Å². The number of benzene rings is 1. The molecule has 2 aliphatic rings. The third-order valence-corrected chi connectivity index (χ3v) is 3.23. The number of halogens is 1. The molecular weight excluding hydrogens is 214 g/mol. The maximum absolute atomic E-state index is 11.3. The first-order valence-corrected chi connectivity index (χ1v) is 5.33. The molecule has 0 bridgehead atoms. The molecule has 0 spiro atoms. The third-order valence-electron chi connectivity index (χ3n) is 3.00. The Morgan fingerprint density at radius 3 is 3.20 bits per heavy atom. The van der Waals surface area contributed by atoms with Gasteiger partial charge in [0.15, 0.2) is 0 Å². The van der Waals surface area contributed by atoms with Crippen LogP contribution in [0.5, 0.6) is 5.75 Å². The van der Waals surface area contributed by atoms with Crippen molar-refractivity contribution in [2.45, 2.75) is 12.5 Å². The van der Waals surface area contributed by atoms with E-state index >= 15 is 0 Å². The van der Waals surface area contributed by atoms with Gasteiger partial charge in [-0.3, -0.25) is 4.79 Å². The van der Waals surface area contributed by atoms with Crippen molar-refractivity contribution >= 4 is 17.5 Å². The van der Waals surface area contributed by atoms with Gasteiger partial charge < -0.3 is 10.1 Å². The van der Waals surface area contributed by atoms with Crippen LogP contribution in [0.25, 0.3) is 0 Å². The van der Waals surface area contributed by atoms with Gasteiger partial charge >= 0.3 is 0 Å². The summed E-state index contributed by atoms with van der Waals surface area (Å²) in [7, 11) is 0. The second kappa shape index (κ2) is 3.14. The van der Waals surface area contributed by atoms with E-state index in [0.717, 1.165) is 11.3 Å². The van der Waals surface area contributed by atoms with Gasteiger partial charge in [-0.1, -0.05) is 17.7 Å². The van der Waals surface area contributed by atoms with Crippen LogP contribution in [0.15, 0.2) is 18.2 Å². The first kappa shape index (κ1) is 9.04. The molecule has 1 fully saturated rings. The fourth-order valence-corrected chi connectivity index (χ4v) is 2.44. The topological polar surface area (TPSA) is 38.3 Å². The van der Waals surface area contributed by atoms with E-state index in [1.807, 2.05) is 12.1 Å². The zero-order chi connectivity index (χ0) is 10.4. The predicted octanol–water partition coefficient (Wildman–Crippen LogP) is 1.91. The van der Waals surface area contributed by atoms with Crippen LogP contribution in [0, 0.1) is 5.92 Å². The van der Waals surface area contributed by atoms with E-state index in [9.17, 15) is 4.79 Å². The van der Waals surface area contributed by atoms with Gasteiger partial charge in [-0.2, -0.15) is 0 Å². The van der Waals surface area contributed by atoms with Gasteiger partial charge in [0, 0.05) is 22.9 Å². The highest BCUT2D eigenvalue weighted by Crippen LogP contribution is 2.40. The first-order valence-electron chi connectivity index (χ1n) is 4.95. The molecule has 78 valence electrons. The largest absolute Gasteiger partial charge is 0.493 e. The minimum absolute atomic E-state index is 0.108. The van der Waals surface area contributed by atoms with E-state index in [1.54, 1.807) is 6.07 Å². The molecule has 0 saturated carbocycles. The fraction of sp³-hybridized carbons (Fsp3) is 0.364. The highest BCUT2D eigenvalue weighted by atomic mass is 35.5. The SMILES string of the molecule is O=C1C[C@@H]2COc3cc(Cl)ccc3[C@H]2N1. The Balaban J connectivity index is 2.05. The molecule has 1 aromatic carbocycles. The molecule has 0 radical (unpaired) electrons. The average molecular weight is 224 g/mol. The molecule has 1 aromatic rings. The number of amides is 1. The lowest BCUT2D eigenvalue weighted by atomic mass is 9.92. The fourth-order valence-electron chi connectivity index (χ4n) is 2.28. The van der Waals surface area contributed by atoms with Crippen molar-refractivity contribution < 1.29 is 9.53 Å². The van der Waals surface area contributed by atoms with Crippen LogP contribution in [0.2, 0.25) is 5.02 Å². The zero-order valence-corrected chi connectivity index (χ0v) is 8.75. The van der Waals surface area contributed by atoms with Crippen molar-refractivity contribution in [3.63, 3.8) is 0 Å². The quantitative estimate of drug-likeness (QED) is 0.730. The predicted molar refractivity (Wildman–Crippen MR) is 55.9 cm³/mol. The monoisotopic (exact) mass is 223 g/mol. The Hall–Kier alpha value is -1.22. The van der Waals surface area contributed by atoms with Crippen LogP contribution in [0.4, 0.5) is 0 Å². The molecule has 1 saturated heterocycles. The summed E-state index contributed by atoms with van der Waals surface area (Å²) >= 11 is 5.88. The van der Waals surface area contributed by atoms with E-state index in [1.165, 1.54) is 0 Å². The molecule has 2 atom stereocenters. The number of hydrogen-bond acceptors (Lipinski definition) is 2. The molecule has 3 rings (SSSR count). The summed E-state index contributed by atoms with van der Waals surface area (Å²) in [6.45, 7) is 0.594. The van der Waals surface area contributed by atoms with Gasteiger partial charge in [0.2, 0.25) is 5.91 Å². The Morgan fingerprint density at radius 2 is 2.33 bits per heavy atom. The van der Waals surface area contributed by atoms with Crippen molar-refractivity contribution in [3.8, 4) is 5.75 Å². The standard InChI is InChI=1S/C11H10ClNO2/c12-7-1-2-8-9(4-7)15-5-6-3-10(14)13-11(6)8/h1-2,4,6,11H,3,5H2,(H,13,14)/t6-,11+/m1/s1. The second-order valence-corrected chi connectivity index (χ2v) is 4.44. The van der Waals surface area contributed by atoms with E-state index in [-0.39, 0.29) is 17.9 Å². The normalized spacial score (nSPS) is 27.7. The van der Waals surface area contributed by atoms with Gasteiger partial charge in [-0.15, -0.1) is 0 Å². The summed E-state index contributed by atoms with van der Waals surface area (Å²) in [6, 6.07) is 5.67. The lowest BCUT2D eigenvalue weighted by molar-refractivity contribution is -0.119. The molecule has 0 aromatic heterocycles. The maximum atomic E-state index is 11.3. The minimum atomic E-state index is 0.108. The van der Waals surface area contributed by atoms with Gasteiger partial charge in [0.25, 0.3) is 0 Å². The summed E-state index contributed by atoms with van der Waals surface area (Å²) in [5, 5.41) is 3.63. The molecule has 4 heteroatoms. The minimum Gasteiger partial charge on any atom is -0.493 e. The molecule has 1 amide bonds. The van der Waals surface area contributed by atoms with E-state index in [4.69, 9.17) is 16.3 Å². The van der Waals surface area contributed by atoms with Crippen molar-refractivity contribution in [2.75, 3.05) is 6.61 Å². The van der Waals surface area contributed by atoms with E-state index in [0.29, 0.717) is 18.1 Å². The number of carbonyl (C=O) groups excluding carboxylic acids is 1. The van der Waals surface area contributed by atoms with Crippen LogP contribution in [-0.4, -0.2) is 12.5 Å². The molecule has 1 N–H and O–H groups in total. The highest BCUT2D eigenvalue weighted by molar-refractivity contribution is 6.30. The number of nitrogens with one attached hydrogen (secondary N) is 1. The number of ether oxygens (including phenoxy) is 1. The molecule has 15 heavy (non-hydrogen) atoms. The molecular formula is C11H10ClNO2. The van der Waals surface area contributed by atoms with Crippen molar-refractivity contribution in [1.29, 1.82) is 0 Å². The smallest absolute Gasteiger partial charge is 0.220 e. The summed E-state index contributed by atoms with van der Waals surface area (Å²) in [6.07, 6.45) is 0.562. The number of rotatable bonds is 0. The average Bonchev–Trinajstić information content (AvgIpc) is 2.58. The highest BCUT2D eigenvalue weighted by Gasteiger charge is 2.38. The van der Waals surface area contributed by atoms with Gasteiger partial charge in [0.05, 0.1) is 12.6 Å². The Morgan fingerprint density at radius 1 is 1.47 bits per heavy atom. The Bertz CT molecular complexity index is 433. The lowest BCUT2D eigenvalue weighted by Gasteiger charge is -2.27. The lowest BCUT2D eigenvalue weighted by Crippen LogP contribution is -2.27. The van der Waals surface area contributed by atoms with Gasteiger partial charge in [0.1, 0.15) is 5.75 Å². The molecule has 0 aliphatic carbocycles. The first-order chi connectivity index (χ1) is 7.24. The van der Waals surface area contributed by atoms with Crippen molar-refractivity contribution in [3.05, 3.63) is 28.8 Å². The van der Waals surface area contributed by atoms with Crippen LogP contribution in [0.3, 0.4) is 0 Å². The summed E-state index contributed by atoms with van der Waals surface area (Å²) in [5.41, 5.74) is 1.04. The summed E-state index contributed by atoms with van der Waals surface area (Å²) in [5.74, 6) is 1.17. The van der Waals surface area contributed by atoms with Crippen molar-refractivity contribution in [2.24, 2.45) is 5.92 Å². The van der Waals surface area contributed by atoms with Crippen LogP contribution in [0.1, 0.15) is 18.0 Å². The third kappa shape index (κ3) is 1.38. The van der Waals surface area contributed by atoms with E-state index in [2.05, 4.69) is 5.32 Å². The van der Waals surface area contributed by atoms with Crippen LogP contribution < -0.4 is 10.1 Å². The molecule has 3 nitrogen and oxygen atoms in total. The Kier molecular flexibility index (Phi) is 1.89. The zero-order valence-electron chi connectivity index (χ0n) is 8.00. The number of carbonyl (C=O) groups is 1. The number of fused-ring (bicyclic) bond motifs is 3. The number of hydrogen-bond donors (Lipinski definition) is 1. The molecule has 2 aliphatic heterocycles. The van der Waals surface area contributed by atoms with Crippen LogP contribution >= 0.6 is 11.6 Å². The summed E-state index contributed by atoms with van der Waals surface area (Å²) in [4.78, 5) is 11.3. The van der Waals surface area contributed by atoms with Crippen molar-refractivity contribution in [1.82, 2.24) is 5.32 Å². The van der Waals surface area contributed by atoms with Crippen LogP contribution in [-0.2, 0) is 4.79 Å². The van der Waals surface area contributed by atoms with Gasteiger partial charge in [-0.25, -0.2) is 0 Å². The summed E-state index contributed by atoms with van der Waals surface area (Å²) < 4.78 is 5.59. The molecule has 2 heterocycles. The second-order valence-electron chi connectivity index (χ2n) is 4.00.